The van der Waals surface area contributed by atoms with Crippen molar-refractivity contribution in [2.45, 2.75) is 13.0 Å². The van der Waals surface area contributed by atoms with E-state index in [0.29, 0.717) is 17.0 Å². The van der Waals surface area contributed by atoms with E-state index in [1.54, 1.807) is 30.3 Å². The minimum atomic E-state index is -0.366. The molecule has 0 bridgehead atoms. The molecule has 148 valence electrons. The van der Waals surface area contributed by atoms with Gasteiger partial charge in [-0.05, 0) is 61.0 Å². The Morgan fingerprint density at radius 3 is 2.41 bits per heavy atom. The number of carbonyl (C=O) groups is 2. The SMILES string of the molecule is C[C@@H](NC(=O)COc1ccc(F)cc1)c1cccc(NC(=O)c2ccccc2)c1. The highest BCUT2D eigenvalue weighted by atomic mass is 19.1. The highest BCUT2D eigenvalue weighted by Crippen LogP contribution is 2.18. The van der Waals surface area contributed by atoms with E-state index in [1.165, 1.54) is 24.3 Å². The summed E-state index contributed by atoms with van der Waals surface area (Å²) in [6.07, 6.45) is 0. The summed E-state index contributed by atoms with van der Waals surface area (Å²) in [7, 11) is 0. The van der Waals surface area contributed by atoms with E-state index < -0.39 is 0 Å². The first-order valence-electron chi connectivity index (χ1n) is 9.15. The van der Waals surface area contributed by atoms with E-state index in [4.69, 9.17) is 4.74 Å². The van der Waals surface area contributed by atoms with Crippen molar-refractivity contribution in [3.63, 3.8) is 0 Å². The molecule has 3 aromatic carbocycles. The van der Waals surface area contributed by atoms with Gasteiger partial charge in [-0.15, -0.1) is 0 Å². The molecule has 2 amide bonds. The average molecular weight is 392 g/mol. The summed E-state index contributed by atoms with van der Waals surface area (Å²) in [4.78, 5) is 24.4. The largest absolute Gasteiger partial charge is 0.484 e. The third-order valence-electron chi connectivity index (χ3n) is 4.24. The number of ether oxygens (including phenoxy) is 1. The van der Waals surface area contributed by atoms with E-state index in [9.17, 15) is 14.0 Å². The van der Waals surface area contributed by atoms with Crippen LogP contribution in [0.1, 0.15) is 28.9 Å². The number of carbonyl (C=O) groups excluding carboxylic acids is 2. The van der Waals surface area contributed by atoms with Crippen LogP contribution in [0.5, 0.6) is 5.75 Å². The van der Waals surface area contributed by atoms with Crippen LogP contribution in [0.25, 0.3) is 0 Å². The molecule has 0 heterocycles. The Balaban J connectivity index is 1.55. The van der Waals surface area contributed by atoms with Gasteiger partial charge in [0.2, 0.25) is 0 Å². The Bertz CT molecular complexity index is 975. The van der Waals surface area contributed by atoms with Crippen molar-refractivity contribution in [3.8, 4) is 5.75 Å². The molecule has 0 aromatic heterocycles. The van der Waals surface area contributed by atoms with Gasteiger partial charge in [-0.3, -0.25) is 9.59 Å². The van der Waals surface area contributed by atoms with E-state index in [2.05, 4.69) is 10.6 Å². The summed E-state index contributed by atoms with van der Waals surface area (Å²) in [6, 6.07) is 21.4. The lowest BCUT2D eigenvalue weighted by atomic mass is 10.1. The molecular weight excluding hydrogens is 371 g/mol. The summed E-state index contributed by atoms with van der Waals surface area (Å²) >= 11 is 0. The standard InChI is InChI=1S/C23H21FN2O3/c1-16(25-22(27)15-29-21-12-10-19(24)11-13-21)18-8-5-9-20(14-18)26-23(28)17-6-3-2-4-7-17/h2-14,16H,15H2,1H3,(H,25,27)(H,26,28)/t16-/m1/s1. The molecule has 0 saturated carbocycles. The Morgan fingerprint density at radius 2 is 1.69 bits per heavy atom. The van der Waals surface area contributed by atoms with Gasteiger partial charge in [0, 0.05) is 11.3 Å². The normalized spacial score (nSPS) is 11.4. The molecule has 2 N–H and O–H groups in total. The topological polar surface area (TPSA) is 67.4 Å². The number of anilines is 1. The first-order chi connectivity index (χ1) is 14.0. The molecule has 3 aromatic rings. The van der Waals surface area contributed by atoms with Gasteiger partial charge < -0.3 is 15.4 Å². The summed E-state index contributed by atoms with van der Waals surface area (Å²) in [6.45, 7) is 1.66. The molecule has 0 unspecified atom stereocenters. The van der Waals surface area contributed by atoms with Gasteiger partial charge in [0.15, 0.2) is 6.61 Å². The number of amides is 2. The summed E-state index contributed by atoms with van der Waals surface area (Å²) in [5, 5.41) is 5.69. The average Bonchev–Trinajstić information content (AvgIpc) is 2.74. The van der Waals surface area contributed by atoms with Crippen LogP contribution in [-0.2, 0) is 4.79 Å². The predicted molar refractivity (Wildman–Crippen MR) is 109 cm³/mol. The third kappa shape index (κ3) is 5.90. The summed E-state index contributed by atoms with van der Waals surface area (Å²) in [5.74, 6) is -0.456. The van der Waals surface area contributed by atoms with Gasteiger partial charge in [0.1, 0.15) is 11.6 Å². The van der Waals surface area contributed by atoms with Gasteiger partial charge in [0.05, 0.1) is 6.04 Å². The van der Waals surface area contributed by atoms with Crippen molar-refractivity contribution < 1.29 is 18.7 Å². The number of hydrogen-bond donors (Lipinski definition) is 2. The van der Waals surface area contributed by atoms with Gasteiger partial charge >= 0.3 is 0 Å². The van der Waals surface area contributed by atoms with Crippen molar-refractivity contribution in [2.24, 2.45) is 0 Å². The summed E-state index contributed by atoms with van der Waals surface area (Å²) in [5.41, 5.74) is 2.04. The Hall–Kier alpha value is -3.67. The van der Waals surface area contributed by atoms with Crippen LogP contribution in [0.4, 0.5) is 10.1 Å². The van der Waals surface area contributed by atoms with Gasteiger partial charge in [-0.1, -0.05) is 30.3 Å². The molecule has 0 spiro atoms. The van der Waals surface area contributed by atoms with E-state index in [1.807, 2.05) is 31.2 Å². The molecule has 29 heavy (non-hydrogen) atoms. The fourth-order valence-corrected chi connectivity index (χ4v) is 2.72. The first kappa shape index (κ1) is 20.1. The molecule has 3 rings (SSSR count). The molecule has 1 atom stereocenters. The Labute approximate surface area is 168 Å². The molecule has 0 saturated heterocycles. The molecule has 0 aliphatic rings. The number of halogens is 1. The minimum absolute atomic E-state index is 0.180. The lowest BCUT2D eigenvalue weighted by Gasteiger charge is -2.16. The van der Waals surface area contributed by atoms with Crippen LogP contribution >= 0.6 is 0 Å². The van der Waals surface area contributed by atoms with Crippen LogP contribution in [0.3, 0.4) is 0 Å². The van der Waals surface area contributed by atoms with Crippen molar-refractivity contribution >= 4 is 17.5 Å². The number of benzene rings is 3. The maximum Gasteiger partial charge on any atom is 0.258 e. The zero-order valence-electron chi connectivity index (χ0n) is 15.9. The molecule has 0 radical (unpaired) electrons. The summed E-state index contributed by atoms with van der Waals surface area (Å²) < 4.78 is 18.2. The quantitative estimate of drug-likeness (QED) is 0.629. The highest BCUT2D eigenvalue weighted by Gasteiger charge is 2.12. The van der Waals surface area contributed by atoms with Crippen molar-refractivity contribution in [2.75, 3.05) is 11.9 Å². The van der Waals surface area contributed by atoms with Gasteiger partial charge in [-0.25, -0.2) is 4.39 Å². The fraction of sp³-hybridized carbons (Fsp3) is 0.130. The number of nitrogens with one attached hydrogen (secondary N) is 2. The van der Waals surface area contributed by atoms with Crippen molar-refractivity contribution in [3.05, 3.63) is 95.8 Å². The van der Waals surface area contributed by atoms with E-state index in [-0.39, 0.29) is 30.3 Å². The van der Waals surface area contributed by atoms with Crippen LogP contribution < -0.4 is 15.4 Å². The van der Waals surface area contributed by atoms with Crippen molar-refractivity contribution in [1.29, 1.82) is 0 Å². The molecule has 5 nitrogen and oxygen atoms in total. The molecule has 6 heteroatoms. The molecule has 0 fully saturated rings. The second-order valence-electron chi connectivity index (χ2n) is 6.48. The Kier molecular flexibility index (Phi) is 6.58. The third-order valence-corrected chi connectivity index (χ3v) is 4.24. The van der Waals surface area contributed by atoms with E-state index in [0.717, 1.165) is 5.56 Å². The molecule has 0 aliphatic heterocycles. The second-order valence-corrected chi connectivity index (χ2v) is 6.48. The first-order valence-corrected chi connectivity index (χ1v) is 9.15. The van der Waals surface area contributed by atoms with Gasteiger partial charge in [-0.2, -0.15) is 0 Å². The molecular formula is C23H21FN2O3. The number of hydrogen-bond acceptors (Lipinski definition) is 3. The second kappa shape index (κ2) is 9.50. The minimum Gasteiger partial charge on any atom is -0.484 e. The lowest BCUT2D eigenvalue weighted by Crippen LogP contribution is -2.31. The maximum absolute atomic E-state index is 12.9. The smallest absolute Gasteiger partial charge is 0.258 e. The maximum atomic E-state index is 12.9. The van der Waals surface area contributed by atoms with Crippen molar-refractivity contribution in [1.82, 2.24) is 5.32 Å². The monoisotopic (exact) mass is 392 g/mol. The Morgan fingerprint density at radius 1 is 0.966 bits per heavy atom. The number of rotatable bonds is 7. The van der Waals surface area contributed by atoms with Crippen LogP contribution in [0, 0.1) is 5.82 Å². The predicted octanol–water partition coefficient (Wildman–Crippen LogP) is 4.33. The zero-order valence-corrected chi connectivity index (χ0v) is 15.9. The molecule has 0 aliphatic carbocycles. The van der Waals surface area contributed by atoms with E-state index >= 15 is 0 Å². The van der Waals surface area contributed by atoms with Gasteiger partial charge in [0.25, 0.3) is 11.8 Å². The van der Waals surface area contributed by atoms with Crippen LogP contribution in [0.15, 0.2) is 78.9 Å². The van der Waals surface area contributed by atoms with Crippen LogP contribution in [0.2, 0.25) is 0 Å². The lowest BCUT2D eigenvalue weighted by molar-refractivity contribution is -0.123. The fourth-order valence-electron chi connectivity index (χ4n) is 2.72. The highest BCUT2D eigenvalue weighted by molar-refractivity contribution is 6.04. The zero-order chi connectivity index (χ0) is 20.6. The van der Waals surface area contributed by atoms with Crippen LogP contribution in [-0.4, -0.2) is 18.4 Å².